The SMILES string of the molecule is CCCn1cc(NCc2cc(C#N)n(C)c2C)cn1. The van der Waals surface area contributed by atoms with Gasteiger partial charge < -0.3 is 9.88 Å². The van der Waals surface area contributed by atoms with E-state index in [1.807, 2.05) is 41.7 Å². The summed E-state index contributed by atoms with van der Waals surface area (Å²) in [5.41, 5.74) is 3.96. The van der Waals surface area contributed by atoms with Crippen molar-refractivity contribution in [3.63, 3.8) is 0 Å². The molecule has 5 heteroatoms. The normalized spacial score (nSPS) is 10.4. The maximum absolute atomic E-state index is 9.00. The van der Waals surface area contributed by atoms with Crippen molar-refractivity contribution in [2.45, 2.75) is 33.4 Å². The van der Waals surface area contributed by atoms with Gasteiger partial charge in [0.15, 0.2) is 0 Å². The van der Waals surface area contributed by atoms with Crippen molar-refractivity contribution in [1.82, 2.24) is 14.3 Å². The van der Waals surface area contributed by atoms with Crippen LogP contribution in [0.3, 0.4) is 0 Å². The van der Waals surface area contributed by atoms with Gasteiger partial charge in [-0.25, -0.2) is 0 Å². The van der Waals surface area contributed by atoms with Crippen LogP contribution in [0.1, 0.15) is 30.3 Å². The summed E-state index contributed by atoms with van der Waals surface area (Å²) in [5, 5.41) is 16.6. The van der Waals surface area contributed by atoms with Gasteiger partial charge in [-0.15, -0.1) is 0 Å². The first-order chi connectivity index (χ1) is 9.15. The van der Waals surface area contributed by atoms with Gasteiger partial charge in [-0.05, 0) is 25.0 Å². The summed E-state index contributed by atoms with van der Waals surface area (Å²) in [4.78, 5) is 0. The van der Waals surface area contributed by atoms with Gasteiger partial charge in [-0.2, -0.15) is 10.4 Å². The third-order valence-corrected chi connectivity index (χ3v) is 3.32. The van der Waals surface area contributed by atoms with E-state index < -0.39 is 0 Å². The first-order valence-corrected chi connectivity index (χ1v) is 6.47. The van der Waals surface area contributed by atoms with Crippen LogP contribution in [0.4, 0.5) is 5.69 Å². The average molecular weight is 257 g/mol. The molecule has 0 aliphatic heterocycles. The zero-order valence-corrected chi connectivity index (χ0v) is 11.6. The third-order valence-electron chi connectivity index (χ3n) is 3.32. The van der Waals surface area contributed by atoms with E-state index in [1.54, 1.807) is 0 Å². The Morgan fingerprint density at radius 2 is 2.26 bits per heavy atom. The standard InChI is InChI=1S/C14H19N5/c1-4-5-19-10-13(9-17-19)16-8-12-6-14(7-15)18(3)11(12)2/h6,9-10,16H,4-5,8H2,1-3H3. The monoisotopic (exact) mass is 257 g/mol. The molecule has 0 aliphatic rings. The minimum atomic E-state index is 0.691. The van der Waals surface area contributed by atoms with E-state index in [-0.39, 0.29) is 0 Å². The molecule has 1 N–H and O–H groups in total. The van der Waals surface area contributed by atoms with Crippen molar-refractivity contribution in [3.8, 4) is 6.07 Å². The molecule has 19 heavy (non-hydrogen) atoms. The zero-order valence-electron chi connectivity index (χ0n) is 11.6. The number of hydrogen-bond donors (Lipinski definition) is 1. The molecule has 0 saturated heterocycles. The van der Waals surface area contributed by atoms with E-state index >= 15 is 0 Å². The second-order valence-electron chi connectivity index (χ2n) is 4.66. The summed E-state index contributed by atoms with van der Waals surface area (Å²) < 4.78 is 3.85. The van der Waals surface area contributed by atoms with Crippen molar-refractivity contribution < 1.29 is 0 Å². The second kappa shape index (κ2) is 5.61. The molecule has 0 spiro atoms. The molecule has 0 saturated carbocycles. The predicted molar refractivity (Wildman–Crippen MR) is 74.7 cm³/mol. The number of hydrogen-bond acceptors (Lipinski definition) is 3. The highest BCUT2D eigenvalue weighted by atomic mass is 15.3. The van der Waals surface area contributed by atoms with E-state index in [1.165, 1.54) is 0 Å². The molecule has 0 unspecified atom stereocenters. The molecule has 2 aromatic heterocycles. The Labute approximate surface area is 113 Å². The van der Waals surface area contributed by atoms with Crippen LogP contribution in [0.25, 0.3) is 0 Å². The highest BCUT2D eigenvalue weighted by Gasteiger charge is 2.08. The average Bonchev–Trinajstić information content (AvgIpc) is 2.95. The number of anilines is 1. The summed E-state index contributed by atoms with van der Waals surface area (Å²) in [6.45, 7) is 5.80. The largest absolute Gasteiger partial charge is 0.378 e. The summed E-state index contributed by atoms with van der Waals surface area (Å²) in [7, 11) is 1.91. The van der Waals surface area contributed by atoms with Crippen LogP contribution in [-0.4, -0.2) is 14.3 Å². The highest BCUT2D eigenvalue weighted by molar-refractivity contribution is 5.41. The van der Waals surface area contributed by atoms with E-state index in [0.717, 1.165) is 29.9 Å². The van der Waals surface area contributed by atoms with Gasteiger partial charge in [0.25, 0.3) is 0 Å². The van der Waals surface area contributed by atoms with Crippen molar-refractivity contribution in [1.29, 1.82) is 5.26 Å². The Morgan fingerprint density at radius 1 is 1.47 bits per heavy atom. The lowest BCUT2D eigenvalue weighted by molar-refractivity contribution is 0.603. The van der Waals surface area contributed by atoms with Crippen LogP contribution in [-0.2, 0) is 20.1 Å². The van der Waals surface area contributed by atoms with Crippen LogP contribution in [0.2, 0.25) is 0 Å². The molecule has 100 valence electrons. The van der Waals surface area contributed by atoms with Crippen LogP contribution in [0, 0.1) is 18.3 Å². The summed E-state index contributed by atoms with van der Waals surface area (Å²) in [5.74, 6) is 0. The maximum Gasteiger partial charge on any atom is 0.120 e. The first-order valence-electron chi connectivity index (χ1n) is 6.47. The summed E-state index contributed by atoms with van der Waals surface area (Å²) in [6.07, 6.45) is 4.91. The van der Waals surface area contributed by atoms with Gasteiger partial charge in [0.1, 0.15) is 11.8 Å². The molecular weight excluding hydrogens is 238 g/mol. The van der Waals surface area contributed by atoms with E-state index in [2.05, 4.69) is 23.4 Å². The van der Waals surface area contributed by atoms with Gasteiger partial charge >= 0.3 is 0 Å². The maximum atomic E-state index is 9.00. The topological polar surface area (TPSA) is 58.6 Å². The van der Waals surface area contributed by atoms with Crippen LogP contribution in [0.15, 0.2) is 18.5 Å². The van der Waals surface area contributed by atoms with Crippen molar-refractivity contribution in [2.75, 3.05) is 5.32 Å². The molecule has 0 radical (unpaired) electrons. The first kappa shape index (κ1) is 13.2. The summed E-state index contributed by atoms with van der Waals surface area (Å²) >= 11 is 0. The fourth-order valence-electron chi connectivity index (χ4n) is 2.05. The molecule has 0 bridgehead atoms. The second-order valence-corrected chi connectivity index (χ2v) is 4.66. The van der Waals surface area contributed by atoms with Crippen LogP contribution in [0.5, 0.6) is 0 Å². The number of nitriles is 1. The van der Waals surface area contributed by atoms with Crippen molar-refractivity contribution in [2.24, 2.45) is 7.05 Å². The van der Waals surface area contributed by atoms with Crippen LogP contribution >= 0.6 is 0 Å². The number of rotatable bonds is 5. The molecule has 5 nitrogen and oxygen atoms in total. The molecule has 0 fully saturated rings. The Balaban J connectivity index is 2.04. The fraction of sp³-hybridized carbons (Fsp3) is 0.429. The van der Waals surface area contributed by atoms with Crippen molar-refractivity contribution >= 4 is 5.69 Å². The molecule has 0 aromatic carbocycles. The highest BCUT2D eigenvalue weighted by Crippen LogP contribution is 2.15. The van der Waals surface area contributed by atoms with E-state index in [9.17, 15) is 0 Å². The van der Waals surface area contributed by atoms with E-state index in [4.69, 9.17) is 5.26 Å². The Hall–Kier alpha value is -2.22. The minimum Gasteiger partial charge on any atom is -0.378 e. The molecule has 2 aromatic rings. The fourth-order valence-corrected chi connectivity index (χ4v) is 2.05. The number of nitrogens with one attached hydrogen (secondary N) is 1. The van der Waals surface area contributed by atoms with Crippen molar-refractivity contribution in [3.05, 3.63) is 35.4 Å². The van der Waals surface area contributed by atoms with E-state index in [0.29, 0.717) is 12.2 Å². The zero-order chi connectivity index (χ0) is 13.8. The van der Waals surface area contributed by atoms with Gasteiger partial charge in [0, 0.05) is 32.0 Å². The van der Waals surface area contributed by atoms with Gasteiger partial charge in [0.2, 0.25) is 0 Å². The van der Waals surface area contributed by atoms with Gasteiger partial charge in [-0.3, -0.25) is 4.68 Å². The van der Waals surface area contributed by atoms with Crippen LogP contribution < -0.4 is 5.32 Å². The molecule has 2 rings (SSSR count). The minimum absolute atomic E-state index is 0.691. The lowest BCUT2D eigenvalue weighted by Crippen LogP contribution is -2.01. The molecule has 0 amide bonds. The molecule has 0 atom stereocenters. The Kier molecular flexibility index (Phi) is 3.91. The summed E-state index contributed by atoms with van der Waals surface area (Å²) in [6, 6.07) is 4.12. The Bertz CT molecular complexity index is 600. The lowest BCUT2D eigenvalue weighted by Gasteiger charge is -2.04. The van der Waals surface area contributed by atoms with Gasteiger partial charge in [-0.1, -0.05) is 6.92 Å². The smallest absolute Gasteiger partial charge is 0.120 e. The Morgan fingerprint density at radius 3 is 2.89 bits per heavy atom. The molecular formula is C14H19N5. The number of aryl methyl sites for hydroxylation is 1. The van der Waals surface area contributed by atoms with Gasteiger partial charge in [0.05, 0.1) is 11.9 Å². The lowest BCUT2D eigenvalue weighted by atomic mass is 10.2. The third kappa shape index (κ3) is 2.79. The number of aromatic nitrogens is 3. The molecule has 0 aliphatic carbocycles. The molecule has 2 heterocycles. The number of nitrogens with zero attached hydrogens (tertiary/aromatic N) is 4. The quantitative estimate of drug-likeness (QED) is 0.895. The predicted octanol–water partition coefficient (Wildman–Crippen LogP) is 2.42.